The molecule has 1 aromatic rings. The number of nitrogens with zero attached hydrogens (tertiary/aromatic N) is 1. The molecule has 24 heavy (non-hydrogen) atoms. The van der Waals surface area contributed by atoms with Gasteiger partial charge in [-0.3, -0.25) is 0 Å². The van der Waals surface area contributed by atoms with Crippen LogP contribution in [0.5, 0.6) is 5.88 Å². The maximum Gasteiger partial charge on any atom is 0.341 e. The van der Waals surface area contributed by atoms with E-state index in [9.17, 15) is 4.79 Å². The van der Waals surface area contributed by atoms with Crippen molar-refractivity contribution < 1.29 is 19.4 Å². The molecule has 0 saturated heterocycles. The fourth-order valence-electron chi connectivity index (χ4n) is 2.33. The number of rotatable bonds is 14. The van der Waals surface area contributed by atoms with Gasteiger partial charge in [0, 0.05) is 17.3 Å². The highest BCUT2D eigenvalue weighted by molar-refractivity contribution is 9.10. The van der Waals surface area contributed by atoms with Gasteiger partial charge in [-0.25, -0.2) is 9.78 Å². The Morgan fingerprint density at radius 2 is 1.75 bits per heavy atom. The summed E-state index contributed by atoms with van der Waals surface area (Å²) in [6.45, 7) is 3.69. The van der Waals surface area contributed by atoms with E-state index in [2.05, 4.69) is 27.8 Å². The van der Waals surface area contributed by atoms with Crippen molar-refractivity contribution >= 4 is 21.9 Å². The van der Waals surface area contributed by atoms with Crippen LogP contribution in [0, 0.1) is 0 Å². The lowest BCUT2D eigenvalue weighted by Gasteiger charge is -2.09. The predicted octanol–water partition coefficient (Wildman–Crippen LogP) is 5.08. The molecule has 0 aromatic carbocycles. The Balaban J connectivity index is 2.04. The highest BCUT2D eigenvalue weighted by Gasteiger charge is 2.13. The van der Waals surface area contributed by atoms with Gasteiger partial charge in [0.25, 0.3) is 0 Å². The number of unbranched alkanes of at least 4 members (excludes halogenated alkanes) is 7. The molecule has 0 saturated carbocycles. The topological polar surface area (TPSA) is 68.7 Å². The van der Waals surface area contributed by atoms with Crippen molar-refractivity contribution in [2.45, 2.75) is 58.3 Å². The number of halogens is 1. The van der Waals surface area contributed by atoms with E-state index in [0.29, 0.717) is 17.7 Å². The summed E-state index contributed by atoms with van der Waals surface area (Å²) in [4.78, 5) is 15.1. The smallest absolute Gasteiger partial charge is 0.341 e. The molecule has 6 heteroatoms. The standard InChI is InChI=1S/C18H28BrNO4/c1-2-3-4-5-6-7-8-9-10-23-11-12-24-17-16(18(21)22)13-15(19)14-20-17/h13-14H,2-12H2,1H3,(H,21,22). The van der Waals surface area contributed by atoms with Gasteiger partial charge in [0.1, 0.15) is 12.2 Å². The monoisotopic (exact) mass is 401 g/mol. The van der Waals surface area contributed by atoms with E-state index in [1.165, 1.54) is 57.2 Å². The van der Waals surface area contributed by atoms with E-state index in [1.807, 2.05) is 0 Å². The zero-order valence-corrected chi connectivity index (χ0v) is 16.0. The second-order valence-corrected chi connectivity index (χ2v) is 6.66. The van der Waals surface area contributed by atoms with Crippen LogP contribution in [0.2, 0.25) is 0 Å². The van der Waals surface area contributed by atoms with Gasteiger partial charge in [-0.2, -0.15) is 0 Å². The summed E-state index contributed by atoms with van der Waals surface area (Å²) < 4.78 is 11.5. The van der Waals surface area contributed by atoms with Crippen LogP contribution in [-0.4, -0.2) is 35.9 Å². The molecule has 0 unspecified atom stereocenters. The SMILES string of the molecule is CCCCCCCCCCOCCOc1ncc(Br)cc1C(=O)O. The van der Waals surface area contributed by atoms with Gasteiger partial charge in [0.15, 0.2) is 0 Å². The molecule has 5 nitrogen and oxygen atoms in total. The van der Waals surface area contributed by atoms with Gasteiger partial charge in [0.2, 0.25) is 5.88 Å². The number of carboxylic acid groups (broad SMARTS) is 1. The first-order valence-electron chi connectivity index (χ1n) is 8.74. The Bertz CT molecular complexity index is 482. The predicted molar refractivity (Wildman–Crippen MR) is 97.8 cm³/mol. The molecular weight excluding hydrogens is 374 g/mol. The molecule has 1 heterocycles. The maximum absolute atomic E-state index is 11.1. The van der Waals surface area contributed by atoms with Crippen LogP contribution >= 0.6 is 15.9 Å². The van der Waals surface area contributed by atoms with Crippen molar-refractivity contribution in [1.29, 1.82) is 0 Å². The van der Waals surface area contributed by atoms with Gasteiger partial charge in [-0.15, -0.1) is 0 Å². The molecule has 1 N–H and O–H groups in total. The third kappa shape index (κ3) is 9.23. The summed E-state index contributed by atoms with van der Waals surface area (Å²) in [6.07, 6.45) is 11.7. The Hall–Kier alpha value is -1.14. The average molecular weight is 402 g/mol. The Morgan fingerprint density at radius 1 is 1.08 bits per heavy atom. The highest BCUT2D eigenvalue weighted by atomic mass is 79.9. The van der Waals surface area contributed by atoms with Crippen LogP contribution in [0.25, 0.3) is 0 Å². The van der Waals surface area contributed by atoms with Crippen molar-refractivity contribution in [3.05, 3.63) is 22.3 Å². The van der Waals surface area contributed by atoms with Crippen molar-refractivity contribution in [3.63, 3.8) is 0 Å². The molecule has 0 amide bonds. The molecule has 0 aliphatic heterocycles. The summed E-state index contributed by atoms with van der Waals surface area (Å²) in [7, 11) is 0. The Labute approximate surface area is 152 Å². The summed E-state index contributed by atoms with van der Waals surface area (Å²) in [5.74, 6) is -0.931. The minimum absolute atomic E-state index is 0.0486. The molecule has 136 valence electrons. The minimum Gasteiger partial charge on any atom is -0.477 e. The van der Waals surface area contributed by atoms with Crippen LogP contribution in [-0.2, 0) is 4.74 Å². The second kappa shape index (κ2) is 13.2. The lowest BCUT2D eigenvalue weighted by Crippen LogP contribution is -2.11. The molecule has 1 aromatic heterocycles. The number of hydrogen-bond acceptors (Lipinski definition) is 4. The number of aromatic carboxylic acids is 1. The zero-order chi connectivity index (χ0) is 17.6. The maximum atomic E-state index is 11.1. The first-order chi connectivity index (χ1) is 11.6. The van der Waals surface area contributed by atoms with Crippen molar-refractivity contribution in [1.82, 2.24) is 4.98 Å². The fraction of sp³-hybridized carbons (Fsp3) is 0.667. The van der Waals surface area contributed by atoms with Crippen LogP contribution in [0.15, 0.2) is 16.7 Å². The van der Waals surface area contributed by atoms with Crippen LogP contribution in [0.1, 0.15) is 68.6 Å². The molecule has 0 fully saturated rings. The molecule has 0 radical (unpaired) electrons. The van der Waals surface area contributed by atoms with Gasteiger partial charge < -0.3 is 14.6 Å². The van der Waals surface area contributed by atoms with Gasteiger partial charge >= 0.3 is 5.97 Å². The molecule has 0 bridgehead atoms. The molecule has 0 aliphatic rings. The minimum atomic E-state index is -1.06. The summed E-state index contributed by atoms with van der Waals surface area (Å²) in [5, 5.41) is 9.11. The number of pyridine rings is 1. The highest BCUT2D eigenvalue weighted by Crippen LogP contribution is 2.19. The summed E-state index contributed by atoms with van der Waals surface area (Å²) >= 11 is 3.20. The van der Waals surface area contributed by atoms with Gasteiger partial charge in [-0.1, -0.05) is 51.9 Å². The van der Waals surface area contributed by atoms with Crippen molar-refractivity contribution in [2.24, 2.45) is 0 Å². The van der Waals surface area contributed by atoms with E-state index in [0.717, 1.165) is 13.0 Å². The number of carbonyl (C=O) groups is 1. The van der Waals surface area contributed by atoms with Gasteiger partial charge in [0.05, 0.1) is 6.61 Å². The van der Waals surface area contributed by atoms with Crippen molar-refractivity contribution in [2.75, 3.05) is 19.8 Å². The van der Waals surface area contributed by atoms with Gasteiger partial charge in [-0.05, 0) is 28.4 Å². The molecule has 1 rings (SSSR count). The number of aromatic nitrogens is 1. The Morgan fingerprint density at radius 3 is 2.42 bits per heavy atom. The number of hydrogen-bond donors (Lipinski definition) is 1. The quantitative estimate of drug-likeness (QED) is 0.440. The third-order valence-electron chi connectivity index (χ3n) is 3.66. The van der Waals surface area contributed by atoms with Crippen LogP contribution in [0.4, 0.5) is 0 Å². The normalized spacial score (nSPS) is 10.8. The molecule has 0 aliphatic carbocycles. The third-order valence-corrected chi connectivity index (χ3v) is 4.09. The Kier molecular flexibility index (Phi) is 11.5. The fourth-order valence-corrected chi connectivity index (χ4v) is 2.66. The molecule has 0 atom stereocenters. The summed E-state index contributed by atoms with van der Waals surface area (Å²) in [6, 6.07) is 1.48. The lowest BCUT2D eigenvalue weighted by molar-refractivity contribution is 0.0682. The average Bonchev–Trinajstić information content (AvgIpc) is 2.56. The number of ether oxygens (including phenoxy) is 2. The largest absolute Gasteiger partial charge is 0.477 e. The molecular formula is C18H28BrNO4. The van der Waals surface area contributed by atoms with E-state index in [1.54, 1.807) is 0 Å². The summed E-state index contributed by atoms with van der Waals surface area (Å²) in [5.41, 5.74) is 0.0486. The number of carboxylic acids is 1. The first kappa shape index (κ1) is 20.9. The second-order valence-electron chi connectivity index (χ2n) is 5.75. The van der Waals surface area contributed by atoms with Crippen LogP contribution in [0.3, 0.4) is 0 Å². The molecule has 0 spiro atoms. The van der Waals surface area contributed by atoms with E-state index >= 15 is 0 Å². The first-order valence-corrected chi connectivity index (χ1v) is 9.53. The van der Waals surface area contributed by atoms with Crippen LogP contribution < -0.4 is 4.74 Å². The van der Waals surface area contributed by atoms with E-state index in [-0.39, 0.29) is 11.4 Å². The van der Waals surface area contributed by atoms with Crippen molar-refractivity contribution in [3.8, 4) is 5.88 Å². The lowest BCUT2D eigenvalue weighted by atomic mass is 10.1. The zero-order valence-electron chi connectivity index (χ0n) is 14.4. The van der Waals surface area contributed by atoms with E-state index in [4.69, 9.17) is 14.6 Å². The van der Waals surface area contributed by atoms with E-state index < -0.39 is 5.97 Å².